The first-order valence-corrected chi connectivity index (χ1v) is 11.1. The van der Waals surface area contributed by atoms with Crippen molar-refractivity contribution in [1.29, 1.82) is 0 Å². The van der Waals surface area contributed by atoms with Crippen molar-refractivity contribution in [2.75, 3.05) is 31.2 Å². The summed E-state index contributed by atoms with van der Waals surface area (Å²) in [5.74, 6) is -1.02. The lowest BCUT2D eigenvalue weighted by molar-refractivity contribution is -0.137. The van der Waals surface area contributed by atoms with Gasteiger partial charge in [0.05, 0.1) is 12.2 Å². The quantitative estimate of drug-likeness (QED) is 0.647. The van der Waals surface area contributed by atoms with Gasteiger partial charge in [0.2, 0.25) is 5.91 Å². The summed E-state index contributed by atoms with van der Waals surface area (Å²) < 4.78 is 52.5. The predicted molar refractivity (Wildman–Crippen MR) is 119 cm³/mol. The lowest BCUT2D eigenvalue weighted by atomic mass is 9.85. The molecule has 2 aliphatic rings. The average molecular weight is 478 g/mol. The first-order valence-electron chi connectivity index (χ1n) is 11.1. The van der Waals surface area contributed by atoms with Gasteiger partial charge in [-0.15, -0.1) is 0 Å². The fraction of sp³-hybridized carbons (Fsp3) is 0.417. The number of hydrogen-bond acceptors (Lipinski definition) is 4. The van der Waals surface area contributed by atoms with Gasteiger partial charge in [-0.05, 0) is 56.2 Å². The van der Waals surface area contributed by atoms with E-state index < -0.39 is 23.2 Å². The molecule has 1 atom stereocenters. The molecule has 2 heterocycles. The molecule has 1 spiro atoms. The summed E-state index contributed by atoms with van der Waals surface area (Å²) in [4.78, 5) is 29.2. The van der Waals surface area contributed by atoms with Crippen LogP contribution in [0, 0.1) is 5.82 Å². The van der Waals surface area contributed by atoms with Crippen LogP contribution in [0.4, 0.5) is 23.2 Å². The number of benzene rings is 2. The van der Waals surface area contributed by atoms with Crippen LogP contribution >= 0.6 is 0 Å². The average Bonchev–Trinajstić information content (AvgIpc) is 3.10. The molecule has 2 fully saturated rings. The number of carbonyl (C=O) groups excluding carboxylic acids is 2. The number of nitrogens with zero attached hydrogens (tertiary/aromatic N) is 2. The Balaban J connectivity index is 1.35. The van der Waals surface area contributed by atoms with E-state index in [0.29, 0.717) is 44.8 Å². The molecular weight excluding hydrogens is 452 g/mol. The monoisotopic (exact) mass is 478 g/mol. The van der Waals surface area contributed by atoms with Gasteiger partial charge in [0.15, 0.2) is 0 Å². The van der Waals surface area contributed by atoms with Gasteiger partial charge in [-0.25, -0.2) is 4.39 Å². The lowest BCUT2D eigenvalue weighted by Crippen LogP contribution is -2.57. The summed E-state index contributed by atoms with van der Waals surface area (Å²) in [5, 5.41) is 5.63. The van der Waals surface area contributed by atoms with E-state index in [1.54, 1.807) is 19.1 Å². The molecule has 2 saturated heterocycles. The third kappa shape index (κ3) is 4.86. The van der Waals surface area contributed by atoms with Crippen molar-refractivity contribution >= 4 is 17.5 Å². The fourth-order valence-corrected chi connectivity index (χ4v) is 4.75. The number of likely N-dealkylation sites (tertiary alicyclic amines) is 1. The van der Waals surface area contributed by atoms with Crippen LogP contribution < -0.4 is 15.5 Å². The van der Waals surface area contributed by atoms with Crippen LogP contribution in [0.3, 0.4) is 0 Å². The summed E-state index contributed by atoms with van der Waals surface area (Å²) in [6.07, 6.45) is -3.45. The fourth-order valence-electron chi connectivity index (χ4n) is 4.75. The number of nitrogens with one attached hydrogen (secondary N) is 2. The first kappa shape index (κ1) is 24.0. The molecular formula is C24H26F4N4O2. The Hall–Kier alpha value is -3.14. The molecule has 10 heteroatoms. The van der Waals surface area contributed by atoms with Crippen LogP contribution in [0.5, 0.6) is 0 Å². The van der Waals surface area contributed by atoms with E-state index in [9.17, 15) is 27.2 Å². The number of alkyl halides is 3. The summed E-state index contributed by atoms with van der Waals surface area (Å²) in [7, 11) is 0. The normalized spacial score (nSPS) is 19.2. The van der Waals surface area contributed by atoms with E-state index in [0.717, 1.165) is 12.1 Å². The SMILES string of the molecule is C[C@@H](CN1CCC2(CC1)C(=O)NCN2c1cccc(F)c1)NC(=O)c1cccc(C(F)(F)F)c1. The number of halogens is 4. The van der Waals surface area contributed by atoms with Gasteiger partial charge in [-0.1, -0.05) is 12.1 Å². The van der Waals surface area contributed by atoms with Crippen molar-refractivity contribution in [2.24, 2.45) is 0 Å². The first-order chi connectivity index (χ1) is 16.1. The van der Waals surface area contributed by atoms with E-state index in [2.05, 4.69) is 15.5 Å². The van der Waals surface area contributed by atoms with Crippen molar-refractivity contribution in [3.63, 3.8) is 0 Å². The summed E-state index contributed by atoms with van der Waals surface area (Å²) in [5.41, 5.74) is -1.03. The molecule has 0 aromatic heterocycles. The van der Waals surface area contributed by atoms with Crippen LogP contribution in [0.2, 0.25) is 0 Å². The molecule has 0 radical (unpaired) electrons. The van der Waals surface area contributed by atoms with E-state index in [-0.39, 0.29) is 23.3 Å². The van der Waals surface area contributed by atoms with E-state index in [1.165, 1.54) is 24.3 Å². The second-order valence-corrected chi connectivity index (χ2v) is 8.86. The highest BCUT2D eigenvalue weighted by atomic mass is 19.4. The van der Waals surface area contributed by atoms with Gasteiger partial charge in [0.25, 0.3) is 5.91 Å². The summed E-state index contributed by atoms with van der Waals surface area (Å²) >= 11 is 0. The van der Waals surface area contributed by atoms with Crippen molar-refractivity contribution in [1.82, 2.24) is 15.5 Å². The van der Waals surface area contributed by atoms with E-state index in [1.807, 2.05) is 4.90 Å². The van der Waals surface area contributed by atoms with Crippen LogP contribution in [0.1, 0.15) is 35.7 Å². The van der Waals surface area contributed by atoms with Crippen LogP contribution in [-0.2, 0) is 11.0 Å². The molecule has 182 valence electrons. The minimum atomic E-state index is -4.52. The molecule has 2 amide bonds. The Kier molecular flexibility index (Phi) is 6.53. The zero-order valence-electron chi connectivity index (χ0n) is 18.7. The molecule has 2 N–H and O–H groups in total. The number of amides is 2. The maximum absolute atomic E-state index is 13.8. The molecule has 0 bridgehead atoms. The highest BCUT2D eigenvalue weighted by Gasteiger charge is 2.50. The number of rotatable bonds is 5. The molecule has 2 aromatic rings. The van der Waals surface area contributed by atoms with Crippen LogP contribution in [0.25, 0.3) is 0 Å². The molecule has 4 rings (SSSR count). The van der Waals surface area contributed by atoms with Crippen molar-refractivity contribution in [3.8, 4) is 0 Å². The smallest absolute Gasteiger partial charge is 0.348 e. The molecule has 0 unspecified atom stereocenters. The molecule has 2 aromatic carbocycles. The van der Waals surface area contributed by atoms with Crippen LogP contribution in [0.15, 0.2) is 48.5 Å². The molecule has 0 saturated carbocycles. The van der Waals surface area contributed by atoms with Gasteiger partial charge < -0.3 is 20.4 Å². The highest BCUT2D eigenvalue weighted by molar-refractivity contribution is 5.94. The Labute approximate surface area is 194 Å². The third-order valence-electron chi connectivity index (χ3n) is 6.50. The Morgan fingerprint density at radius 2 is 1.85 bits per heavy atom. The zero-order valence-corrected chi connectivity index (χ0v) is 18.7. The van der Waals surface area contributed by atoms with E-state index in [4.69, 9.17) is 0 Å². The molecule has 2 aliphatic heterocycles. The number of anilines is 1. The highest BCUT2D eigenvalue weighted by Crippen LogP contribution is 2.36. The number of carbonyl (C=O) groups is 2. The minimum absolute atomic E-state index is 0.0485. The Bertz CT molecular complexity index is 1070. The Morgan fingerprint density at radius 3 is 2.53 bits per heavy atom. The standard InChI is InChI=1S/C24H26F4N4O2/c1-16(30-21(33)17-4-2-5-18(12-17)24(26,27)28)14-31-10-8-23(9-11-31)22(34)29-15-32(23)20-7-3-6-19(25)13-20/h2-7,12-13,16H,8-11,14-15H2,1H3,(H,29,34)(H,30,33)/t16-/m0/s1. The second kappa shape index (κ2) is 9.25. The largest absolute Gasteiger partial charge is 0.416 e. The molecule has 6 nitrogen and oxygen atoms in total. The zero-order chi connectivity index (χ0) is 24.5. The Morgan fingerprint density at radius 1 is 1.15 bits per heavy atom. The number of hydrogen-bond donors (Lipinski definition) is 2. The third-order valence-corrected chi connectivity index (χ3v) is 6.50. The van der Waals surface area contributed by atoms with Crippen molar-refractivity contribution in [2.45, 2.75) is 37.5 Å². The maximum Gasteiger partial charge on any atom is 0.416 e. The summed E-state index contributed by atoms with van der Waals surface area (Å²) in [6, 6.07) is 10.2. The summed E-state index contributed by atoms with van der Waals surface area (Å²) in [6.45, 7) is 3.76. The second-order valence-electron chi connectivity index (χ2n) is 8.86. The number of piperidine rings is 1. The van der Waals surface area contributed by atoms with E-state index >= 15 is 0 Å². The predicted octanol–water partition coefficient (Wildman–Crippen LogP) is 3.39. The van der Waals surface area contributed by atoms with Crippen molar-refractivity contribution < 1.29 is 27.2 Å². The minimum Gasteiger partial charge on any atom is -0.348 e. The van der Waals surface area contributed by atoms with Gasteiger partial charge in [-0.2, -0.15) is 13.2 Å². The topological polar surface area (TPSA) is 64.7 Å². The maximum atomic E-state index is 13.8. The lowest BCUT2D eigenvalue weighted by Gasteiger charge is -2.43. The van der Waals surface area contributed by atoms with Gasteiger partial charge >= 0.3 is 6.18 Å². The van der Waals surface area contributed by atoms with Crippen LogP contribution in [-0.4, -0.2) is 54.6 Å². The van der Waals surface area contributed by atoms with Gasteiger partial charge in [0, 0.05) is 36.9 Å². The van der Waals surface area contributed by atoms with Gasteiger partial charge in [0.1, 0.15) is 11.4 Å². The van der Waals surface area contributed by atoms with Gasteiger partial charge in [-0.3, -0.25) is 9.59 Å². The molecule has 0 aliphatic carbocycles. The van der Waals surface area contributed by atoms with Crippen molar-refractivity contribution in [3.05, 3.63) is 65.5 Å². The molecule has 34 heavy (non-hydrogen) atoms.